The number of anilines is 3. The standard InChI is InChI=1S/C45H39N5/c1-45(2,3)44-42(31-16-7-5-8-17-31)43(32-18-9-6-10-19-32)46-50(44)35-26-27-37-36-22-11-12-23-38(36)49(41(37)29-35)34-21-15-20-33(28-34)48-30-47(4)39-24-13-14-25-40(39)48/h5-29H,30H2,1-4H3. The molecule has 0 spiro atoms. The second-order valence-electron chi connectivity index (χ2n) is 14.3. The zero-order chi connectivity index (χ0) is 34.0. The molecule has 6 aromatic carbocycles. The molecule has 0 fully saturated rings. The van der Waals surface area contributed by atoms with Gasteiger partial charge in [-0.2, -0.15) is 5.10 Å². The molecule has 0 aliphatic carbocycles. The van der Waals surface area contributed by atoms with E-state index in [1.165, 1.54) is 50.2 Å². The summed E-state index contributed by atoms with van der Waals surface area (Å²) >= 11 is 0. The summed E-state index contributed by atoms with van der Waals surface area (Å²) in [5.74, 6) is 0. The van der Waals surface area contributed by atoms with Gasteiger partial charge in [0, 0.05) is 45.7 Å². The minimum Gasteiger partial charge on any atom is -0.355 e. The van der Waals surface area contributed by atoms with E-state index >= 15 is 0 Å². The molecule has 3 heterocycles. The monoisotopic (exact) mass is 649 g/mol. The number of para-hydroxylation sites is 3. The minimum atomic E-state index is -0.194. The van der Waals surface area contributed by atoms with Gasteiger partial charge >= 0.3 is 0 Å². The zero-order valence-corrected chi connectivity index (χ0v) is 28.9. The first-order chi connectivity index (χ1) is 24.4. The molecule has 244 valence electrons. The molecular weight excluding hydrogens is 611 g/mol. The molecule has 1 aliphatic heterocycles. The quantitative estimate of drug-likeness (QED) is 0.186. The highest BCUT2D eigenvalue weighted by molar-refractivity contribution is 6.10. The van der Waals surface area contributed by atoms with Gasteiger partial charge in [-0.25, -0.2) is 4.68 Å². The Morgan fingerprint density at radius 2 is 1.18 bits per heavy atom. The van der Waals surface area contributed by atoms with Crippen LogP contribution in [-0.4, -0.2) is 28.1 Å². The summed E-state index contributed by atoms with van der Waals surface area (Å²) in [6.45, 7) is 7.67. The van der Waals surface area contributed by atoms with Gasteiger partial charge in [0.25, 0.3) is 0 Å². The summed E-state index contributed by atoms with van der Waals surface area (Å²) in [5, 5.41) is 7.90. The van der Waals surface area contributed by atoms with Crippen molar-refractivity contribution in [2.24, 2.45) is 0 Å². The second-order valence-corrected chi connectivity index (χ2v) is 14.3. The third-order valence-electron chi connectivity index (χ3n) is 9.94. The molecule has 0 amide bonds. The molecule has 0 bridgehead atoms. The van der Waals surface area contributed by atoms with Gasteiger partial charge in [-0.3, -0.25) is 0 Å². The Morgan fingerprint density at radius 3 is 1.94 bits per heavy atom. The third-order valence-corrected chi connectivity index (χ3v) is 9.94. The highest BCUT2D eigenvalue weighted by atomic mass is 15.4. The van der Waals surface area contributed by atoms with Crippen molar-refractivity contribution in [2.75, 3.05) is 23.5 Å². The van der Waals surface area contributed by atoms with Crippen molar-refractivity contribution in [1.29, 1.82) is 0 Å². The normalized spacial score (nSPS) is 13.0. The summed E-state index contributed by atoms with van der Waals surface area (Å²) in [6.07, 6.45) is 0. The average molecular weight is 650 g/mol. The van der Waals surface area contributed by atoms with Gasteiger partial charge in [-0.15, -0.1) is 0 Å². The third kappa shape index (κ3) is 4.80. The van der Waals surface area contributed by atoms with E-state index in [2.05, 4.69) is 199 Å². The molecule has 50 heavy (non-hydrogen) atoms. The van der Waals surface area contributed by atoms with E-state index in [9.17, 15) is 0 Å². The predicted molar refractivity (Wildman–Crippen MR) is 209 cm³/mol. The summed E-state index contributed by atoms with van der Waals surface area (Å²) < 4.78 is 4.61. The maximum absolute atomic E-state index is 5.45. The van der Waals surface area contributed by atoms with Gasteiger partial charge in [0.1, 0.15) is 5.69 Å². The van der Waals surface area contributed by atoms with Crippen LogP contribution in [0.5, 0.6) is 0 Å². The van der Waals surface area contributed by atoms with Gasteiger partial charge in [0.15, 0.2) is 0 Å². The van der Waals surface area contributed by atoms with Crippen LogP contribution in [0, 0.1) is 0 Å². The first-order valence-electron chi connectivity index (χ1n) is 17.3. The molecule has 5 nitrogen and oxygen atoms in total. The molecule has 1 aliphatic rings. The molecule has 0 saturated carbocycles. The smallest absolute Gasteiger partial charge is 0.101 e. The van der Waals surface area contributed by atoms with Crippen LogP contribution in [0.2, 0.25) is 0 Å². The van der Waals surface area contributed by atoms with E-state index in [-0.39, 0.29) is 5.41 Å². The highest BCUT2D eigenvalue weighted by Crippen LogP contribution is 2.43. The van der Waals surface area contributed by atoms with Crippen LogP contribution in [-0.2, 0) is 5.41 Å². The van der Waals surface area contributed by atoms with Gasteiger partial charge in [-0.1, -0.05) is 124 Å². The van der Waals surface area contributed by atoms with Gasteiger partial charge in [0.05, 0.1) is 40.5 Å². The average Bonchev–Trinajstić information content (AvgIpc) is 3.82. The number of aromatic nitrogens is 3. The first-order valence-corrected chi connectivity index (χ1v) is 17.3. The van der Waals surface area contributed by atoms with Crippen molar-refractivity contribution in [3.05, 3.63) is 157 Å². The largest absolute Gasteiger partial charge is 0.355 e. The van der Waals surface area contributed by atoms with E-state index < -0.39 is 0 Å². The number of hydrogen-bond acceptors (Lipinski definition) is 3. The van der Waals surface area contributed by atoms with Crippen LogP contribution in [0.4, 0.5) is 17.1 Å². The summed E-state index contributed by atoms with van der Waals surface area (Å²) in [4.78, 5) is 4.70. The van der Waals surface area contributed by atoms with Crippen molar-refractivity contribution < 1.29 is 0 Å². The summed E-state index contributed by atoms with van der Waals surface area (Å²) in [6, 6.07) is 54.5. The van der Waals surface area contributed by atoms with Crippen molar-refractivity contribution in [1.82, 2.24) is 14.3 Å². The predicted octanol–water partition coefficient (Wildman–Crippen LogP) is 11.1. The topological polar surface area (TPSA) is 29.2 Å². The Balaban J connectivity index is 1.27. The van der Waals surface area contributed by atoms with E-state index in [4.69, 9.17) is 5.10 Å². The summed E-state index contributed by atoms with van der Waals surface area (Å²) in [5.41, 5.74) is 13.6. The molecule has 0 unspecified atom stereocenters. The van der Waals surface area contributed by atoms with Crippen molar-refractivity contribution in [2.45, 2.75) is 26.2 Å². The zero-order valence-electron chi connectivity index (χ0n) is 28.9. The molecule has 5 heteroatoms. The van der Waals surface area contributed by atoms with E-state index in [0.29, 0.717) is 0 Å². The number of rotatable bonds is 5. The van der Waals surface area contributed by atoms with Gasteiger partial charge in [0.2, 0.25) is 0 Å². The lowest BCUT2D eigenvalue weighted by molar-refractivity contribution is 0.545. The molecule has 0 N–H and O–H groups in total. The van der Waals surface area contributed by atoms with Crippen LogP contribution in [0.25, 0.3) is 55.6 Å². The summed E-state index contributed by atoms with van der Waals surface area (Å²) in [7, 11) is 2.16. The Morgan fingerprint density at radius 1 is 0.540 bits per heavy atom. The Labute approximate surface area is 293 Å². The SMILES string of the molecule is CN1CN(c2cccc(-n3c4ccccc4c4ccc(-n5nc(-c6ccccc6)c(-c6ccccc6)c5C(C)(C)C)cc43)c2)c2ccccc21. The molecule has 9 rings (SSSR count). The lowest BCUT2D eigenvalue weighted by atomic mass is 9.85. The van der Waals surface area contributed by atoms with Crippen molar-refractivity contribution >= 4 is 38.9 Å². The number of hydrogen-bond donors (Lipinski definition) is 0. The van der Waals surface area contributed by atoms with Crippen LogP contribution in [0.3, 0.4) is 0 Å². The number of nitrogens with zero attached hydrogens (tertiary/aromatic N) is 5. The Hall–Kier alpha value is -6.07. The first kappa shape index (κ1) is 30.0. The Bertz CT molecular complexity index is 2520. The van der Waals surface area contributed by atoms with Crippen LogP contribution in [0.15, 0.2) is 152 Å². The molecule has 2 aromatic heterocycles. The molecular formula is C45H39N5. The minimum absolute atomic E-state index is 0.194. The fourth-order valence-corrected chi connectivity index (χ4v) is 7.74. The van der Waals surface area contributed by atoms with Crippen molar-refractivity contribution in [3.63, 3.8) is 0 Å². The van der Waals surface area contributed by atoms with Crippen molar-refractivity contribution in [3.8, 4) is 33.8 Å². The van der Waals surface area contributed by atoms with E-state index in [0.717, 1.165) is 34.8 Å². The van der Waals surface area contributed by atoms with Crippen LogP contribution >= 0.6 is 0 Å². The maximum Gasteiger partial charge on any atom is 0.101 e. The van der Waals surface area contributed by atoms with E-state index in [1.54, 1.807) is 0 Å². The second kappa shape index (κ2) is 11.5. The van der Waals surface area contributed by atoms with Crippen LogP contribution < -0.4 is 9.80 Å². The van der Waals surface area contributed by atoms with Gasteiger partial charge < -0.3 is 14.4 Å². The van der Waals surface area contributed by atoms with Crippen LogP contribution in [0.1, 0.15) is 26.5 Å². The number of benzene rings is 6. The molecule has 0 saturated heterocycles. The highest BCUT2D eigenvalue weighted by Gasteiger charge is 2.30. The number of fused-ring (bicyclic) bond motifs is 4. The lowest BCUT2D eigenvalue weighted by Gasteiger charge is -2.23. The van der Waals surface area contributed by atoms with Gasteiger partial charge in [-0.05, 0) is 54.1 Å². The molecule has 0 radical (unpaired) electrons. The fraction of sp³-hybridized carbons (Fsp3) is 0.133. The fourth-order valence-electron chi connectivity index (χ4n) is 7.74. The lowest BCUT2D eigenvalue weighted by Crippen LogP contribution is -2.24. The maximum atomic E-state index is 5.45. The van der Waals surface area contributed by atoms with E-state index in [1.807, 2.05) is 0 Å². The molecule has 8 aromatic rings. The molecule has 0 atom stereocenters. The Kier molecular flexibility index (Phi) is 6.92.